The van der Waals surface area contributed by atoms with Gasteiger partial charge in [0.1, 0.15) is 11.6 Å². The predicted molar refractivity (Wildman–Crippen MR) is 71.6 cm³/mol. The summed E-state index contributed by atoms with van der Waals surface area (Å²) in [6.07, 6.45) is 2.59. The van der Waals surface area contributed by atoms with E-state index in [9.17, 15) is 0 Å². The molecule has 0 radical (unpaired) electrons. The molecule has 4 nitrogen and oxygen atoms in total. The minimum absolute atomic E-state index is 0.00563. The van der Waals surface area contributed by atoms with Crippen LogP contribution in [0.5, 0.6) is 5.75 Å². The molecule has 2 N–H and O–H groups in total. The van der Waals surface area contributed by atoms with Gasteiger partial charge in [0.15, 0.2) is 0 Å². The summed E-state index contributed by atoms with van der Waals surface area (Å²) in [7, 11) is 3.68. The zero-order valence-corrected chi connectivity index (χ0v) is 11.1. The first-order chi connectivity index (χ1) is 8.63. The number of benzene rings is 1. The second-order valence-corrected chi connectivity index (χ2v) is 4.44. The van der Waals surface area contributed by atoms with E-state index in [1.54, 1.807) is 7.11 Å². The van der Waals surface area contributed by atoms with E-state index in [0.29, 0.717) is 0 Å². The van der Waals surface area contributed by atoms with Gasteiger partial charge in [0.2, 0.25) is 0 Å². The Morgan fingerprint density at radius 1 is 1.39 bits per heavy atom. The molecule has 1 atom stereocenters. The molecule has 0 bridgehead atoms. The third-order valence-corrected chi connectivity index (χ3v) is 3.13. The molecule has 1 aromatic carbocycles. The third-order valence-electron chi connectivity index (χ3n) is 3.13. The van der Waals surface area contributed by atoms with Crippen LogP contribution in [0.1, 0.15) is 30.0 Å². The van der Waals surface area contributed by atoms with Gasteiger partial charge >= 0.3 is 0 Å². The lowest BCUT2D eigenvalue weighted by molar-refractivity contribution is 0.410. The zero-order chi connectivity index (χ0) is 13.1. The second-order valence-electron chi connectivity index (χ2n) is 4.44. The fourth-order valence-corrected chi connectivity index (χ4v) is 2.07. The van der Waals surface area contributed by atoms with Crippen molar-refractivity contribution >= 4 is 0 Å². The lowest BCUT2D eigenvalue weighted by Crippen LogP contribution is -2.11. The molecule has 1 heterocycles. The average molecular weight is 245 g/mol. The molecule has 96 valence electrons. The van der Waals surface area contributed by atoms with Crippen molar-refractivity contribution in [2.24, 2.45) is 12.8 Å². The molecule has 0 aliphatic heterocycles. The van der Waals surface area contributed by atoms with E-state index in [4.69, 9.17) is 10.5 Å². The lowest BCUT2D eigenvalue weighted by atomic mass is 10.1. The van der Waals surface area contributed by atoms with Gasteiger partial charge in [-0.1, -0.05) is 18.2 Å². The average Bonchev–Trinajstić information content (AvgIpc) is 2.72. The van der Waals surface area contributed by atoms with Crippen molar-refractivity contribution in [1.29, 1.82) is 0 Å². The first-order valence-corrected chi connectivity index (χ1v) is 6.01. The van der Waals surface area contributed by atoms with Gasteiger partial charge < -0.3 is 15.0 Å². The largest absolute Gasteiger partial charge is 0.496 e. The quantitative estimate of drug-likeness (QED) is 0.896. The SMILES string of the molecule is COc1ccccc1Cc1ncc(C(C)N)n1C. The molecule has 0 fully saturated rings. The molecule has 2 rings (SSSR count). The van der Waals surface area contributed by atoms with Crippen molar-refractivity contribution in [1.82, 2.24) is 9.55 Å². The van der Waals surface area contributed by atoms with E-state index in [1.807, 2.05) is 38.4 Å². The van der Waals surface area contributed by atoms with Gasteiger partial charge in [-0.05, 0) is 13.0 Å². The fraction of sp³-hybridized carbons (Fsp3) is 0.357. The third kappa shape index (κ3) is 2.38. The Labute approximate surface area is 107 Å². The summed E-state index contributed by atoms with van der Waals surface area (Å²) >= 11 is 0. The molecule has 4 heteroatoms. The number of para-hydroxylation sites is 1. The maximum absolute atomic E-state index is 5.89. The molecule has 18 heavy (non-hydrogen) atoms. The molecule has 1 aromatic heterocycles. The van der Waals surface area contributed by atoms with Crippen LogP contribution < -0.4 is 10.5 Å². The Bertz CT molecular complexity index is 532. The number of hydrogen-bond acceptors (Lipinski definition) is 3. The molecule has 0 saturated heterocycles. The zero-order valence-electron chi connectivity index (χ0n) is 11.1. The molecular formula is C14H19N3O. The van der Waals surface area contributed by atoms with E-state index in [2.05, 4.69) is 15.6 Å². The fourth-order valence-electron chi connectivity index (χ4n) is 2.07. The predicted octanol–water partition coefficient (Wildman–Crippen LogP) is 2.04. The van der Waals surface area contributed by atoms with Crippen LogP contribution in [-0.2, 0) is 13.5 Å². The Morgan fingerprint density at radius 3 is 2.72 bits per heavy atom. The Balaban J connectivity index is 2.29. The number of ether oxygens (including phenoxy) is 1. The van der Waals surface area contributed by atoms with Crippen LogP contribution in [0.2, 0.25) is 0 Å². The molecule has 0 saturated carbocycles. The van der Waals surface area contributed by atoms with Crippen LogP contribution in [-0.4, -0.2) is 16.7 Å². The van der Waals surface area contributed by atoms with Gasteiger partial charge in [0.05, 0.1) is 19.0 Å². The summed E-state index contributed by atoms with van der Waals surface area (Å²) in [5.74, 6) is 1.88. The topological polar surface area (TPSA) is 53.1 Å². The van der Waals surface area contributed by atoms with Crippen LogP contribution >= 0.6 is 0 Å². The van der Waals surface area contributed by atoms with E-state index in [1.165, 1.54) is 0 Å². The number of hydrogen-bond donors (Lipinski definition) is 1. The van der Waals surface area contributed by atoms with Crippen LogP contribution in [0.3, 0.4) is 0 Å². The van der Waals surface area contributed by atoms with Crippen molar-refractivity contribution in [3.63, 3.8) is 0 Å². The maximum Gasteiger partial charge on any atom is 0.122 e. The highest BCUT2D eigenvalue weighted by atomic mass is 16.5. The van der Waals surface area contributed by atoms with Crippen molar-refractivity contribution in [3.8, 4) is 5.75 Å². The number of imidazole rings is 1. The lowest BCUT2D eigenvalue weighted by Gasteiger charge is -2.10. The Morgan fingerprint density at radius 2 is 2.11 bits per heavy atom. The van der Waals surface area contributed by atoms with Gasteiger partial charge in [-0.15, -0.1) is 0 Å². The van der Waals surface area contributed by atoms with E-state index < -0.39 is 0 Å². The highest BCUT2D eigenvalue weighted by Gasteiger charge is 2.11. The first-order valence-electron chi connectivity index (χ1n) is 6.01. The summed E-state index contributed by atoms with van der Waals surface area (Å²) in [5, 5.41) is 0. The standard InChI is InChI=1S/C14H19N3O/c1-10(15)12-9-16-14(17(12)2)8-11-6-4-5-7-13(11)18-3/h4-7,9-10H,8,15H2,1-3H3. The molecule has 2 aromatic rings. The van der Waals surface area contributed by atoms with Crippen LogP contribution in [0.25, 0.3) is 0 Å². The number of nitrogens with two attached hydrogens (primary N) is 1. The number of nitrogens with zero attached hydrogens (tertiary/aromatic N) is 2. The molecule has 0 aliphatic rings. The number of rotatable bonds is 4. The van der Waals surface area contributed by atoms with E-state index >= 15 is 0 Å². The van der Waals surface area contributed by atoms with Crippen molar-refractivity contribution < 1.29 is 4.74 Å². The van der Waals surface area contributed by atoms with Gasteiger partial charge in [0.25, 0.3) is 0 Å². The van der Waals surface area contributed by atoms with Gasteiger partial charge in [0, 0.05) is 25.1 Å². The molecule has 0 spiro atoms. The van der Waals surface area contributed by atoms with Crippen molar-refractivity contribution in [2.75, 3.05) is 7.11 Å². The summed E-state index contributed by atoms with van der Waals surface area (Å²) in [4.78, 5) is 4.44. The van der Waals surface area contributed by atoms with Crippen molar-refractivity contribution in [3.05, 3.63) is 47.5 Å². The number of aromatic nitrogens is 2. The monoisotopic (exact) mass is 245 g/mol. The van der Waals surface area contributed by atoms with Gasteiger partial charge in [-0.2, -0.15) is 0 Å². The summed E-state index contributed by atoms with van der Waals surface area (Å²) in [6.45, 7) is 1.96. The second kappa shape index (κ2) is 5.23. The highest BCUT2D eigenvalue weighted by molar-refractivity contribution is 5.35. The van der Waals surface area contributed by atoms with Crippen LogP contribution in [0.4, 0.5) is 0 Å². The van der Waals surface area contributed by atoms with Gasteiger partial charge in [-0.25, -0.2) is 4.98 Å². The van der Waals surface area contributed by atoms with Crippen molar-refractivity contribution in [2.45, 2.75) is 19.4 Å². The molecule has 0 amide bonds. The summed E-state index contributed by atoms with van der Waals surface area (Å²) in [6, 6.07) is 7.99. The minimum atomic E-state index is -0.00563. The Kier molecular flexibility index (Phi) is 3.67. The highest BCUT2D eigenvalue weighted by Crippen LogP contribution is 2.21. The molecule has 0 aliphatic carbocycles. The van der Waals surface area contributed by atoms with E-state index in [-0.39, 0.29) is 6.04 Å². The first kappa shape index (κ1) is 12.6. The smallest absolute Gasteiger partial charge is 0.122 e. The van der Waals surface area contributed by atoms with Crippen LogP contribution in [0, 0.1) is 0 Å². The summed E-state index contributed by atoms with van der Waals surface area (Å²) in [5.41, 5.74) is 8.06. The minimum Gasteiger partial charge on any atom is -0.496 e. The molecular weight excluding hydrogens is 226 g/mol. The maximum atomic E-state index is 5.89. The Hall–Kier alpha value is -1.81. The van der Waals surface area contributed by atoms with Crippen LogP contribution in [0.15, 0.2) is 30.5 Å². The summed E-state index contributed by atoms with van der Waals surface area (Å²) < 4.78 is 7.40. The van der Waals surface area contributed by atoms with E-state index in [0.717, 1.165) is 29.3 Å². The normalized spacial score (nSPS) is 12.4. The number of methoxy groups -OCH3 is 1. The molecule has 1 unspecified atom stereocenters. The van der Waals surface area contributed by atoms with Gasteiger partial charge in [-0.3, -0.25) is 0 Å².